The maximum Gasteiger partial charge on any atom is 0.206 e. The van der Waals surface area contributed by atoms with Crippen LogP contribution in [0.15, 0.2) is 70.5 Å². The number of rotatable bonds is 4. The zero-order valence-electron chi connectivity index (χ0n) is 19.9. The van der Waals surface area contributed by atoms with E-state index in [1.54, 1.807) is 60.7 Å². The van der Waals surface area contributed by atoms with E-state index in [2.05, 4.69) is 47.8 Å². The molecule has 0 aliphatic carbocycles. The highest BCUT2D eigenvalue weighted by Crippen LogP contribution is 2.19. The van der Waals surface area contributed by atoms with Gasteiger partial charge in [-0.15, -0.1) is 0 Å². The van der Waals surface area contributed by atoms with Crippen molar-refractivity contribution in [1.82, 2.24) is 0 Å². The minimum Gasteiger partial charge on any atom is -0.219 e. The SMILES string of the molecule is CC.CCC(C)(C)C.CCC(C)SC.O=S(=O)(c1ccccc1)c1ccccc1. The Labute approximate surface area is 185 Å². The van der Waals surface area contributed by atoms with Crippen LogP contribution in [0.25, 0.3) is 0 Å². The van der Waals surface area contributed by atoms with Gasteiger partial charge in [-0.05, 0) is 42.4 Å². The molecule has 0 saturated carbocycles. The van der Waals surface area contributed by atoms with Gasteiger partial charge in [0.05, 0.1) is 9.79 Å². The maximum absolute atomic E-state index is 12.0. The quantitative estimate of drug-likeness (QED) is 0.483. The van der Waals surface area contributed by atoms with Crippen molar-refractivity contribution >= 4 is 21.6 Å². The molecular formula is C25H42O2S2. The first kappa shape index (κ1) is 29.9. The lowest BCUT2D eigenvalue weighted by Crippen LogP contribution is -2.00. The molecule has 0 aliphatic heterocycles. The lowest BCUT2D eigenvalue weighted by molar-refractivity contribution is 0.398. The standard InChI is InChI=1S/C12H10O2S.C6H14.C5H12S.C2H6/c13-15(14,11-7-3-1-4-8-11)12-9-5-2-6-10-12;1-5-6(2,3)4;1-4-5(2)6-3;1-2/h1-10H;5H2,1-4H3;5H,4H2,1-3H3;1-2H3. The van der Waals surface area contributed by atoms with Crippen LogP contribution in [0.5, 0.6) is 0 Å². The second-order valence-electron chi connectivity index (χ2n) is 7.50. The second-order valence-corrected chi connectivity index (χ2v) is 10.7. The van der Waals surface area contributed by atoms with Crippen LogP contribution in [0.4, 0.5) is 0 Å². The first-order valence-corrected chi connectivity index (χ1v) is 13.2. The fraction of sp³-hybridized carbons (Fsp3) is 0.520. The van der Waals surface area contributed by atoms with Crippen LogP contribution >= 0.6 is 11.8 Å². The summed E-state index contributed by atoms with van der Waals surface area (Å²) in [5.74, 6) is 0. The van der Waals surface area contributed by atoms with Crippen molar-refractivity contribution in [3.63, 3.8) is 0 Å². The molecule has 4 heteroatoms. The van der Waals surface area contributed by atoms with Crippen LogP contribution in [0.3, 0.4) is 0 Å². The summed E-state index contributed by atoms with van der Waals surface area (Å²) >= 11 is 1.92. The van der Waals surface area contributed by atoms with Gasteiger partial charge >= 0.3 is 0 Å². The molecule has 0 fully saturated rings. The number of hydrogen-bond acceptors (Lipinski definition) is 3. The van der Waals surface area contributed by atoms with Crippen LogP contribution in [0.1, 0.15) is 68.2 Å². The van der Waals surface area contributed by atoms with Gasteiger partial charge < -0.3 is 0 Å². The van der Waals surface area contributed by atoms with Crippen molar-refractivity contribution in [2.45, 2.75) is 83.3 Å². The fourth-order valence-electron chi connectivity index (χ4n) is 1.50. The van der Waals surface area contributed by atoms with Gasteiger partial charge in [-0.3, -0.25) is 0 Å². The topological polar surface area (TPSA) is 34.1 Å². The molecule has 166 valence electrons. The second kappa shape index (κ2) is 16.5. The maximum atomic E-state index is 12.0. The summed E-state index contributed by atoms with van der Waals surface area (Å²) < 4.78 is 24.1. The highest BCUT2D eigenvalue weighted by atomic mass is 32.2. The van der Waals surface area contributed by atoms with E-state index in [0.29, 0.717) is 15.2 Å². The lowest BCUT2D eigenvalue weighted by Gasteiger charge is -2.12. The Morgan fingerprint density at radius 3 is 1.31 bits per heavy atom. The smallest absolute Gasteiger partial charge is 0.206 e. The molecule has 1 unspecified atom stereocenters. The molecule has 0 saturated heterocycles. The molecule has 2 nitrogen and oxygen atoms in total. The highest BCUT2D eigenvalue weighted by Gasteiger charge is 2.15. The first-order chi connectivity index (χ1) is 13.6. The molecule has 2 aromatic rings. The van der Waals surface area contributed by atoms with Crippen molar-refractivity contribution in [1.29, 1.82) is 0 Å². The van der Waals surface area contributed by atoms with Gasteiger partial charge in [-0.1, -0.05) is 98.2 Å². The Hall–Kier alpha value is -1.26. The summed E-state index contributed by atoms with van der Waals surface area (Å²) in [6.45, 7) is 17.4. The monoisotopic (exact) mass is 438 g/mol. The molecule has 1 atom stereocenters. The predicted molar refractivity (Wildman–Crippen MR) is 133 cm³/mol. The van der Waals surface area contributed by atoms with Crippen molar-refractivity contribution in [3.05, 3.63) is 60.7 Å². The van der Waals surface area contributed by atoms with Crippen LogP contribution < -0.4 is 0 Å². The summed E-state index contributed by atoms with van der Waals surface area (Å²) in [5, 5.41) is 0.852. The van der Waals surface area contributed by atoms with Gasteiger partial charge in [0, 0.05) is 5.25 Å². The fourth-order valence-corrected chi connectivity index (χ4v) is 3.14. The lowest BCUT2D eigenvalue weighted by atomic mass is 9.94. The zero-order chi connectivity index (χ0) is 22.9. The minimum absolute atomic E-state index is 0.330. The third kappa shape index (κ3) is 14.4. The molecule has 2 aromatic carbocycles. The molecule has 2 rings (SSSR count). The predicted octanol–water partition coefficient (Wildman–Crippen LogP) is 8.14. The van der Waals surface area contributed by atoms with Gasteiger partial charge in [-0.2, -0.15) is 11.8 Å². The summed E-state index contributed by atoms with van der Waals surface area (Å²) in [4.78, 5) is 0.660. The number of sulfone groups is 1. The normalized spacial score (nSPS) is 11.5. The Kier molecular flexibility index (Phi) is 17.1. The summed E-state index contributed by atoms with van der Waals surface area (Å²) in [6.07, 6.45) is 4.71. The van der Waals surface area contributed by atoms with Crippen LogP contribution in [-0.4, -0.2) is 19.9 Å². The van der Waals surface area contributed by atoms with Crippen LogP contribution in [-0.2, 0) is 9.84 Å². The van der Waals surface area contributed by atoms with E-state index in [-0.39, 0.29) is 0 Å². The van der Waals surface area contributed by atoms with Crippen molar-refractivity contribution in [3.8, 4) is 0 Å². The molecule has 0 amide bonds. The first-order valence-electron chi connectivity index (χ1n) is 10.5. The van der Waals surface area contributed by atoms with E-state index in [1.165, 1.54) is 12.8 Å². The van der Waals surface area contributed by atoms with Crippen LogP contribution in [0.2, 0.25) is 0 Å². The minimum atomic E-state index is -3.34. The van der Waals surface area contributed by atoms with E-state index in [0.717, 1.165) is 5.25 Å². The Morgan fingerprint density at radius 2 is 1.14 bits per heavy atom. The summed E-state index contributed by atoms with van der Waals surface area (Å²) in [6, 6.07) is 16.9. The third-order valence-electron chi connectivity index (χ3n) is 4.14. The number of hydrogen-bond donors (Lipinski definition) is 0. The van der Waals surface area contributed by atoms with Gasteiger partial charge in [0.2, 0.25) is 9.84 Å². The number of benzene rings is 2. The molecule has 0 radical (unpaired) electrons. The van der Waals surface area contributed by atoms with Gasteiger partial charge in [0.1, 0.15) is 0 Å². The van der Waals surface area contributed by atoms with E-state index in [9.17, 15) is 8.42 Å². The van der Waals surface area contributed by atoms with Crippen molar-refractivity contribution < 1.29 is 8.42 Å². The molecule has 0 spiro atoms. The molecule has 29 heavy (non-hydrogen) atoms. The van der Waals surface area contributed by atoms with E-state index in [4.69, 9.17) is 0 Å². The van der Waals surface area contributed by atoms with Crippen molar-refractivity contribution in [2.24, 2.45) is 5.41 Å². The average Bonchev–Trinajstić information content (AvgIpc) is 2.76. The van der Waals surface area contributed by atoms with E-state index < -0.39 is 9.84 Å². The average molecular weight is 439 g/mol. The third-order valence-corrected chi connectivity index (χ3v) is 7.07. The van der Waals surface area contributed by atoms with Gasteiger partial charge in [0.15, 0.2) is 0 Å². The molecule has 0 aliphatic rings. The summed E-state index contributed by atoms with van der Waals surface area (Å²) in [5.41, 5.74) is 0.542. The van der Waals surface area contributed by atoms with E-state index >= 15 is 0 Å². The molecule has 0 N–H and O–H groups in total. The molecule has 0 aromatic heterocycles. The largest absolute Gasteiger partial charge is 0.219 e. The zero-order valence-corrected chi connectivity index (χ0v) is 21.5. The van der Waals surface area contributed by atoms with Crippen LogP contribution in [0, 0.1) is 5.41 Å². The highest BCUT2D eigenvalue weighted by molar-refractivity contribution is 7.99. The summed E-state index contributed by atoms with van der Waals surface area (Å²) in [7, 11) is -3.34. The molecular weight excluding hydrogens is 396 g/mol. The van der Waals surface area contributed by atoms with Crippen molar-refractivity contribution in [2.75, 3.05) is 6.26 Å². The van der Waals surface area contributed by atoms with Gasteiger partial charge in [-0.25, -0.2) is 8.42 Å². The Balaban J connectivity index is 0. The Bertz CT molecular complexity index is 654. The Morgan fingerprint density at radius 1 is 0.828 bits per heavy atom. The van der Waals surface area contributed by atoms with Gasteiger partial charge in [0.25, 0.3) is 0 Å². The van der Waals surface area contributed by atoms with E-state index in [1.807, 2.05) is 25.6 Å². The molecule has 0 heterocycles. The number of thioether (sulfide) groups is 1. The molecule has 0 bridgehead atoms.